The van der Waals surface area contributed by atoms with Gasteiger partial charge in [-0.2, -0.15) is 0 Å². The third-order valence-corrected chi connectivity index (χ3v) is 3.76. The van der Waals surface area contributed by atoms with Gasteiger partial charge in [-0.3, -0.25) is 4.79 Å². The van der Waals surface area contributed by atoms with Crippen molar-refractivity contribution in [1.29, 1.82) is 0 Å². The van der Waals surface area contributed by atoms with E-state index in [0.717, 1.165) is 13.0 Å². The summed E-state index contributed by atoms with van der Waals surface area (Å²) >= 11 is 1.40. The number of carbonyl (C=O) groups excluding carboxylic acids is 1. The molecule has 1 amide bonds. The van der Waals surface area contributed by atoms with Crippen LogP contribution in [0.25, 0.3) is 0 Å². The Hall–Kier alpha value is -1.07. The Morgan fingerprint density at radius 1 is 1.75 bits per heavy atom. The summed E-state index contributed by atoms with van der Waals surface area (Å²) < 4.78 is 5.13. The molecule has 2 rings (SSSR count). The van der Waals surface area contributed by atoms with Crippen LogP contribution in [0.3, 0.4) is 0 Å². The van der Waals surface area contributed by atoms with Crippen molar-refractivity contribution in [3.05, 3.63) is 16.3 Å². The van der Waals surface area contributed by atoms with Crippen molar-refractivity contribution < 1.29 is 14.6 Å². The normalized spacial score (nSPS) is 20.1. The molecule has 1 aromatic rings. The van der Waals surface area contributed by atoms with Gasteiger partial charge in [0.15, 0.2) is 0 Å². The number of thiophene rings is 1. The summed E-state index contributed by atoms with van der Waals surface area (Å²) in [4.78, 5) is 14.6. The number of methoxy groups -OCH3 is 1. The van der Waals surface area contributed by atoms with E-state index in [4.69, 9.17) is 9.84 Å². The Balaban J connectivity index is 2.08. The second-order valence-electron chi connectivity index (χ2n) is 3.91. The quantitative estimate of drug-likeness (QED) is 0.865. The fourth-order valence-corrected chi connectivity index (χ4v) is 2.75. The molecule has 1 N–H and O–H groups in total. The molecular formula is C11H15NO3S. The van der Waals surface area contributed by atoms with Crippen LogP contribution in [0.4, 0.5) is 0 Å². The van der Waals surface area contributed by atoms with Gasteiger partial charge in [-0.1, -0.05) is 0 Å². The maximum Gasteiger partial charge on any atom is 0.267 e. The Bertz CT molecular complexity index is 377. The first kappa shape index (κ1) is 11.4. The van der Waals surface area contributed by atoms with Gasteiger partial charge in [0.1, 0.15) is 10.6 Å². The topological polar surface area (TPSA) is 49.8 Å². The fraction of sp³-hybridized carbons (Fsp3) is 0.545. The number of carbonyl (C=O) groups is 1. The molecule has 0 radical (unpaired) electrons. The second-order valence-corrected chi connectivity index (χ2v) is 4.82. The summed E-state index contributed by atoms with van der Waals surface area (Å²) in [7, 11) is 1.57. The number of aliphatic hydroxyl groups is 1. The number of hydrogen-bond acceptors (Lipinski definition) is 4. The van der Waals surface area contributed by atoms with Crippen molar-refractivity contribution in [2.75, 3.05) is 26.8 Å². The van der Waals surface area contributed by atoms with Crippen LogP contribution in [0.15, 0.2) is 11.4 Å². The Morgan fingerprint density at radius 3 is 3.19 bits per heavy atom. The van der Waals surface area contributed by atoms with E-state index in [1.54, 1.807) is 18.1 Å². The average Bonchev–Trinajstić information content (AvgIpc) is 2.96. The van der Waals surface area contributed by atoms with Crippen molar-refractivity contribution in [3.63, 3.8) is 0 Å². The summed E-state index contributed by atoms with van der Waals surface area (Å²) in [5.74, 6) is 0.889. The van der Waals surface area contributed by atoms with Crippen LogP contribution in [-0.4, -0.2) is 42.7 Å². The van der Waals surface area contributed by atoms with Crippen molar-refractivity contribution in [2.45, 2.75) is 6.42 Å². The van der Waals surface area contributed by atoms with E-state index in [-0.39, 0.29) is 18.4 Å². The number of likely N-dealkylation sites (tertiary alicyclic amines) is 1. The van der Waals surface area contributed by atoms with Gasteiger partial charge >= 0.3 is 0 Å². The first-order valence-corrected chi connectivity index (χ1v) is 6.16. The number of rotatable bonds is 3. The summed E-state index contributed by atoms with van der Waals surface area (Å²) in [6, 6.07) is 1.80. The van der Waals surface area contributed by atoms with Gasteiger partial charge in [-0.05, 0) is 17.9 Å². The lowest BCUT2D eigenvalue weighted by atomic mass is 10.1. The van der Waals surface area contributed by atoms with E-state index in [9.17, 15) is 4.79 Å². The van der Waals surface area contributed by atoms with Gasteiger partial charge in [0.2, 0.25) is 0 Å². The average molecular weight is 241 g/mol. The van der Waals surface area contributed by atoms with E-state index in [1.165, 1.54) is 11.3 Å². The number of amides is 1. The minimum atomic E-state index is 0.0165. The number of ether oxygens (including phenoxy) is 1. The number of hydrogen-bond donors (Lipinski definition) is 1. The van der Waals surface area contributed by atoms with E-state index in [2.05, 4.69) is 0 Å². The van der Waals surface area contributed by atoms with Gasteiger partial charge < -0.3 is 14.7 Å². The lowest BCUT2D eigenvalue weighted by Crippen LogP contribution is -2.28. The van der Waals surface area contributed by atoms with Gasteiger partial charge in [0.05, 0.1) is 7.11 Å². The Kier molecular flexibility index (Phi) is 3.46. The fourth-order valence-electron chi connectivity index (χ4n) is 1.92. The molecule has 0 bridgehead atoms. The smallest absolute Gasteiger partial charge is 0.267 e. The van der Waals surface area contributed by atoms with Crippen LogP contribution in [0.2, 0.25) is 0 Å². The van der Waals surface area contributed by atoms with Crippen LogP contribution < -0.4 is 4.74 Å². The Labute approximate surface area is 98.4 Å². The highest BCUT2D eigenvalue weighted by molar-refractivity contribution is 7.12. The van der Waals surface area contributed by atoms with Crippen LogP contribution in [0, 0.1) is 5.92 Å². The summed E-state index contributed by atoms with van der Waals surface area (Å²) in [5, 5.41) is 10.9. The zero-order valence-corrected chi connectivity index (χ0v) is 10.00. The lowest BCUT2D eigenvalue weighted by molar-refractivity contribution is 0.0783. The molecule has 0 aliphatic carbocycles. The van der Waals surface area contributed by atoms with E-state index in [0.29, 0.717) is 17.2 Å². The SMILES string of the molecule is COc1ccsc1C(=O)N1CCC(CO)C1. The molecular weight excluding hydrogens is 226 g/mol. The predicted octanol–water partition coefficient (Wildman–Crippen LogP) is 1.21. The molecule has 5 heteroatoms. The largest absolute Gasteiger partial charge is 0.495 e. The van der Waals surface area contributed by atoms with E-state index >= 15 is 0 Å². The van der Waals surface area contributed by atoms with Crippen LogP contribution >= 0.6 is 11.3 Å². The molecule has 1 aliphatic rings. The second kappa shape index (κ2) is 4.84. The minimum absolute atomic E-state index is 0.0165. The molecule has 1 aromatic heterocycles. The summed E-state index contributed by atoms with van der Waals surface area (Å²) in [6.07, 6.45) is 0.885. The van der Waals surface area contributed by atoms with Crippen LogP contribution in [0.5, 0.6) is 5.75 Å². The monoisotopic (exact) mass is 241 g/mol. The van der Waals surface area contributed by atoms with Gasteiger partial charge in [0, 0.05) is 25.6 Å². The molecule has 1 fully saturated rings. The third kappa shape index (κ3) is 2.05. The molecule has 1 atom stereocenters. The van der Waals surface area contributed by atoms with Crippen LogP contribution in [0.1, 0.15) is 16.1 Å². The first-order valence-electron chi connectivity index (χ1n) is 5.28. The molecule has 1 saturated heterocycles. The molecule has 2 heterocycles. The summed E-state index contributed by atoms with van der Waals surface area (Å²) in [6.45, 7) is 1.53. The molecule has 4 nitrogen and oxygen atoms in total. The minimum Gasteiger partial charge on any atom is -0.495 e. The maximum atomic E-state index is 12.1. The molecule has 0 saturated carbocycles. The summed E-state index contributed by atoms with van der Waals surface area (Å²) in [5.41, 5.74) is 0. The molecule has 16 heavy (non-hydrogen) atoms. The van der Waals surface area contributed by atoms with Gasteiger partial charge in [-0.15, -0.1) is 11.3 Å². The standard InChI is InChI=1S/C11H15NO3S/c1-15-9-3-5-16-10(9)11(14)12-4-2-8(6-12)7-13/h3,5,8,13H,2,4,6-7H2,1H3. The van der Waals surface area contributed by atoms with Crippen LogP contribution in [-0.2, 0) is 0 Å². The molecule has 0 spiro atoms. The van der Waals surface area contributed by atoms with Crippen molar-refractivity contribution in [2.24, 2.45) is 5.92 Å². The lowest BCUT2D eigenvalue weighted by Gasteiger charge is -2.15. The third-order valence-electron chi connectivity index (χ3n) is 2.87. The number of aliphatic hydroxyl groups excluding tert-OH is 1. The maximum absolute atomic E-state index is 12.1. The molecule has 0 aromatic carbocycles. The zero-order chi connectivity index (χ0) is 11.5. The Morgan fingerprint density at radius 2 is 2.56 bits per heavy atom. The highest BCUT2D eigenvalue weighted by Crippen LogP contribution is 2.28. The predicted molar refractivity (Wildman–Crippen MR) is 62.0 cm³/mol. The van der Waals surface area contributed by atoms with Crippen molar-refractivity contribution in [1.82, 2.24) is 4.90 Å². The van der Waals surface area contributed by atoms with Gasteiger partial charge in [-0.25, -0.2) is 0 Å². The molecule has 1 aliphatic heterocycles. The molecule has 88 valence electrons. The highest BCUT2D eigenvalue weighted by Gasteiger charge is 2.28. The van der Waals surface area contributed by atoms with Gasteiger partial charge in [0.25, 0.3) is 5.91 Å². The molecule has 1 unspecified atom stereocenters. The number of nitrogens with zero attached hydrogens (tertiary/aromatic N) is 1. The zero-order valence-electron chi connectivity index (χ0n) is 9.18. The first-order chi connectivity index (χ1) is 7.76. The van der Waals surface area contributed by atoms with E-state index < -0.39 is 0 Å². The van der Waals surface area contributed by atoms with E-state index in [1.807, 2.05) is 5.38 Å². The highest BCUT2D eigenvalue weighted by atomic mass is 32.1. The van der Waals surface area contributed by atoms with Crippen molar-refractivity contribution in [3.8, 4) is 5.75 Å². The van der Waals surface area contributed by atoms with Crippen molar-refractivity contribution >= 4 is 17.2 Å².